The highest BCUT2D eigenvalue weighted by Crippen LogP contribution is 2.40. The normalized spacial score (nSPS) is 25.9. The number of rotatable bonds is 1. The number of hydrogen-bond acceptors (Lipinski definition) is 2. The molecule has 0 N–H and O–H groups in total. The number of nitrogens with zero attached hydrogens (tertiary/aromatic N) is 2. The number of aryl methyl sites for hydroxylation is 1. The van der Waals surface area contributed by atoms with Crippen LogP contribution in [-0.4, -0.2) is 16.4 Å². The molecular formula is C18H23BrN2O. The van der Waals surface area contributed by atoms with Crippen LogP contribution < -0.4 is 0 Å². The molecule has 1 saturated heterocycles. The first-order chi connectivity index (χ1) is 10.8. The highest BCUT2D eigenvalue weighted by atomic mass is 79.9. The van der Waals surface area contributed by atoms with Gasteiger partial charge in [-0.05, 0) is 77.6 Å². The van der Waals surface area contributed by atoms with E-state index < -0.39 is 0 Å². The minimum atomic E-state index is 0.111. The fraction of sp³-hybridized carbons (Fsp3) is 0.611. The van der Waals surface area contributed by atoms with Crippen LogP contribution in [0.1, 0.15) is 68.7 Å². The van der Waals surface area contributed by atoms with E-state index in [9.17, 15) is 0 Å². The van der Waals surface area contributed by atoms with Crippen molar-refractivity contribution in [1.29, 1.82) is 0 Å². The van der Waals surface area contributed by atoms with E-state index in [-0.39, 0.29) is 6.23 Å². The van der Waals surface area contributed by atoms with Crippen LogP contribution in [0.5, 0.6) is 0 Å². The second kappa shape index (κ2) is 5.97. The van der Waals surface area contributed by atoms with Crippen LogP contribution in [-0.2, 0) is 11.2 Å². The standard InChI is InChI=1S/C18H23BrN2O/c1-12-6-2-3-7-13-10-15-14(18(19)17(12)13)11-20-21(15)16-8-4-5-9-22-16/h10-12,16H,2-9H2,1H3. The molecule has 2 aliphatic rings. The molecule has 1 aromatic carbocycles. The Balaban J connectivity index is 1.85. The average Bonchev–Trinajstić information content (AvgIpc) is 2.87. The molecule has 0 amide bonds. The van der Waals surface area contributed by atoms with Crippen LogP contribution in [0.4, 0.5) is 0 Å². The predicted molar refractivity (Wildman–Crippen MR) is 92.2 cm³/mol. The minimum absolute atomic E-state index is 0.111. The Morgan fingerprint density at radius 2 is 2.09 bits per heavy atom. The summed E-state index contributed by atoms with van der Waals surface area (Å²) in [6.45, 7) is 3.21. The summed E-state index contributed by atoms with van der Waals surface area (Å²) < 4.78 is 9.31. The molecule has 1 fully saturated rings. The van der Waals surface area contributed by atoms with E-state index in [1.165, 1.54) is 65.0 Å². The van der Waals surface area contributed by atoms with Crippen molar-refractivity contribution in [3.05, 3.63) is 27.9 Å². The van der Waals surface area contributed by atoms with Crippen molar-refractivity contribution in [2.75, 3.05) is 6.61 Å². The summed E-state index contributed by atoms with van der Waals surface area (Å²) in [5.41, 5.74) is 4.24. The van der Waals surface area contributed by atoms with Crippen molar-refractivity contribution in [3.8, 4) is 0 Å². The summed E-state index contributed by atoms with van der Waals surface area (Å²) in [7, 11) is 0. The van der Waals surface area contributed by atoms with Gasteiger partial charge in [0.1, 0.15) is 0 Å². The van der Waals surface area contributed by atoms with Crippen molar-refractivity contribution in [2.24, 2.45) is 0 Å². The van der Waals surface area contributed by atoms with Gasteiger partial charge in [-0.2, -0.15) is 5.10 Å². The maximum Gasteiger partial charge on any atom is 0.150 e. The molecule has 0 bridgehead atoms. The zero-order chi connectivity index (χ0) is 15.1. The number of hydrogen-bond donors (Lipinski definition) is 0. The Kier molecular flexibility index (Phi) is 3.99. The lowest BCUT2D eigenvalue weighted by molar-refractivity contribution is -0.0366. The van der Waals surface area contributed by atoms with Gasteiger partial charge in [0.2, 0.25) is 0 Å². The van der Waals surface area contributed by atoms with Gasteiger partial charge in [0, 0.05) is 16.5 Å². The summed E-state index contributed by atoms with van der Waals surface area (Å²) >= 11 is 3.89. The minimum Gasteiger partial charge on any atom is -0.356 e. The lowest BCUT2D eigenvalue weighted by Gasteiger charge is -2.24. The molecule has 0 radical (unpaired) electrons. The Labute approximate surface area is 140 Å². The van der Waals surface area contributed by atoms with Crippen molar-refractivity contribution in [2.45, 2.75) is 64.0 Å². The third-order valence-corrected chi connectivity index (χ3v) is 6.07. The molecule has 4 rings (SSSR count). The van der Waals surface area contributed by atoms with E-state index in [1.54, 1.807) is 0 Å². The summed E-state index contributed by atoms with van der Waals surface area (Å²) in [4.78, 5) is 0. The molecule has 3 nitrogen and oxygen atoms in total. The molecule has 2 heterocycles. The molecule has 2 atom stereocenters. The zero-order valence-corrected chi connectivity index (χ0v) is 14.7. The first-order valence-corrected chi connectivity index (χ1v) is 9.35. The zero-order valence-electron chi connectivity index (χ0n) is 13.1. The van der Waals surface area contributed by atoms with Crippen LogP contribution in [0, 0.1) is 0 Å². The summed E-state index contributed by atoms with van der Waals surface area (Å²) in [5, 5.41) is 5.90. The van der Waals surface area contributed by atoms with Gasteiger partial charge in [0.05, 0.1) is 11.7 Å². The van der Waals surface area contributed by atoms with Gasteiger partial charge in [-0.1, -0.05) is 13.3 Å². The van der Waals surface area contributed by atoms with Gasteiger partial charge in [0.15, 0.2) is 6.23 Å². The third kappa shape index (κ3) is 2.41. The van der Waals surface area contributed by atoms with E-state index in [0.717, 1.165) is 13.0 Å². The smallest absolute Gasteiger partial charge is 0.150 e. The van der Waals surface area contributed by atoms with E-state index >= 15 is 0 Å². The van der Waals surface area contributed by atoms with Gasteiger partial charge < -0.3 is 4.74 Å². The van der Waals surface area contributed by atoms with Crippen molar-refractivity contribution >= 4 is 26.8 Å². The highest BCUT2D eigenvalue weighted by molar-refractivity contribution is 9.10. The lowest BCUT2D eigenvalue weighted by Crippen LogP contribution is -2.19. The van der Waals surface area contributed by atoms with Crippen molar-refractivity contribution in [1.82, 2.24) is 9.78 Å². The largest absolute Gasteiger partial charge is 0.356 e. The maximum atomic E-state index is 5.95. The van der Waals surface area contributed by atoms with E-state index in [0.29, 0.717) is 5.92 Å². The lowest BCUT2D eigenvalue weighted by atomic mass is 9.93. The number of ether oxygens (including phenoxy) is 1. The van der Waals surface area contributed by atoms with Crippen LogP contribution in [0.15, 0.2) is 16.7 Å². The quantitative estimate of drug-likeness (QED) is 0.641. The molecule has 1 aromatic heterocycles. The molecular weight excluding hydrogens is 340 g/mol. The van der Waals surface area contributed by atoms with Crippen LogP contribution in [0.2, 0.25) is 0 Å². The van der Waals surface area contributed by atoms with Gasteiger partial charge in [0.25, 0.3) is 0 Å². The van der Waals surface area contributed by atoms with Crippen molar-refractivity contribution in [3.63, 3.8) is 0 Å². The Morgan fingerprint density at radius 3 is 2.91 bits per heavy atom. The maximum absolute atomic E-state index is 5.95. The third-order valence-electron chi connectivity index (χ3n) is 5.22. The molecule has 22 heavy (non-hydrogen) atoms. The molecule has 2 unspecified atom stereocenters. The van der Waals surface area contributed by atoms with Gasteiger partial charge in [-0.3, -0.25) is 0 Å². The first-order valence-electron chi connectivity index (χ1n) is 8.56. The topological polar surface area (TPSA) is 27.1 Å². The predicted octanol–water partition coefficient (Wildman–Crippen LogP) is 5.33. The number of aromatic nitrogens is 2. The molecule has 0 saturated carbocycles. The highest BCUT2D eigenvalue weighted by Gasteiger charge is 2.24. The van der Waals surface area contributed by atoms with Gasteiger partial charge >= 0.3 is 0 Å². The average molecular weight is 363 g/mol. The SMILES string of the molecule is CC1CCCCc2cc3c(cnn3C3CCCCO3)c(Br)c21. The fourth-order valence-corrected chi connectivity index (χ4v) is 4.96. The number of benzene rings is 1. The fourth-order valence-electron chi connectivity index (χ4n) is 4.01. The molecule has 2 aromatic rings. The monoisotopic (exact) mass is 362 g/mol. The summed E-state index contributed by atoms with van der Waals surface area (Å²) in [5.74, 6) is 0.630. The number of halogens is 1. The van der Waals surface area contributed by atoms with Crippen LogP contribution in [0.3, 0.4) is 0 Å². The van der Waals surface area contributed by atoms with Crippen LogP contribution >= 0.6 is 15.9 Å². The van der Waals surface area contributed by atoms with E-state index in [1.807, 2.05) is 6.20 Å². The second-order valence-corrected chi connectivity index (χ2v) is 7.55. The summed E-state index contributed by atoms with van der Waals surface area (Å²) in [6.07, 6.45) is 10.7. The molecule has 1 aliphatic heterocycles. The number of fused-ring (bicyclic) bond motifs is 2. The second-order valence-electron chi connectivity index (χ2n) is 6.75. The molecule has 118 valence electrons. The Bertz CT molecular complexity index is 688. The van der Waals surface area contributed by atoms with Crippen LogP contribution in [0.25, 0.3) is 10.9 Å². The van der Waals surface area contributed by atoms with E-state index in [4.69, 9.17) is 4.74 Å². The van der Waals surface area contributed by atoms with Crippen molar-refractivity contribution < 1.29 is 4.74 Å². The first kappa shape index (κ1) is 14.7. The van der Waals surface area contributed by atoms with Gasteiger partial charge in [-0.15, -0.1) is 0 Å². The Hall–Kier alpha value is -0.870. The molecule has 1 aliphatic carbocycles. The Morgan fingerprint density at radius 1 is 1.23 bits per heavy atom. The molecule has 4 heteroatoms. The van der Waals surface area contributed by atoms with Gasteiger partial charge in [-0.25, -0.2) is 4.68 Å². The summed E-state index contributed by atoms with van der Waals surface area (Å²) in [6, 6.07) is 2.38. The van der Waals surface area contributed by atoms with E-state index in [2.05, 4.69) is 38.7 Å². The molecule has 0 spiro atoms.